The van der Waals surface area contributed by atoms with Crippen LogP contribution in [0, 0.1) is 13.8 Å². The Morgan fingerprint density at radius 3 is 2.39 bits per heavy atom. The molecule has 1 fully saturated rings. The molecule has 1 aliphatic heterocycles. The topological polar surface area (TPSA) is 40.6 Å². The average molecular weight is 397 g/mol. The summed E-state index contributed by atoms with van der Waals surface area (Å²) in [5.74, 6) is 0.178. The number of amides is 1. The Labute approximate surface area is 171 Å². The number of ketones is 1. The molecule has 4 nitrogen and oxygen atoms in total. The van der Waals surface area contributed by atoms with E-state index in [1.54, 1.807) is 11.3 Å². The summed E-state index contributed by atoms with van der Waals surface area (Å²) in [4.78, 5) is 31.3. The fourth-order valence-electron chi connectivity index (χ4n) is 3.50. The van der Waals surface area contributed by atoms with E-state index in [1.807, 2.05) is 43.0 Å². The van der Waals surface area contributed by atoms with Gasteiger partial charge in [-0.05, 0) is 25.5 Å². The Hall–Kier alpha value is -2.24. The molecule has 0 bridgehead atoms. The van der Waals surface area contributed by atoms with Gasteiger partial charge in [0.1, 0.15) is 0 Å². The van der Waals surface area contributed by atoms with Crippen LogP contribution >= 0.6 is 11.3 Å². The number of carbonyl (C=O) groups excluding carboxylic acids is 2. The smallest absolute Gasteiger partial charge is 0.223 e. The third-order valence-corrected chi connectivity index (χ3v) is 6.07. The maximum Gasteiger partial charge on any atom is 0.223 e. The highest BCUT2D eigenvalue weighted by atomic mass is 32.1. The molecule has 1 aromatic carbocycles. The lowest BCUT2D eigenvalue weighted by molar-refractivity contribution is -0.132. The zero-order chi connectivity index (χ0) is 19.9. The summed E-state index contributed by atoms with van der Waals surface area (Å²) >= 11 is 1.64. The van der Waals surface area contributed by atoms with E-state index in [0.717, 1.165) is 48.0 Å². The van der Waals surface area contributed by atoms with Crippen LogP contribution in [0.5, 0.6) is 0 Å². The molecular formula is C23H28N2O2S. The first-order valence-electron chi connectivity index (χ1n) is 9.85. The van der Waals surface area contributed by atoms with Crippen molar-refractivity contribution in [3.63, 3.8) is 0 Å². The van der Waals surface area contributed by atoms with Gasteiger partial charge in [0.25, 0.3) is 0 Å². The first-order valence-corrected chi connectivity index (χ1v) is 10.7. The SMILES string of the molecule is Cc1cc(C(=O)CCC(=O)N2CCN(C/C=C/c3ccccc3)CC2)c(C)s1. The minimum Gasteiger partial charge on any atom is -0.340 e. The number of rotatable bonds is 7. The van der Waals surface area contributed by atoms with E-state index < -0.39 is 0 Å². The standard InChI is InChI=1S/C23H28N2O2S/c1-18-17-21(19(2)28-18)22(26)10-11-23(27)25-15-13-24(14-16-25)12-6-9-20-7-4-3-5-8-20/h3-9,17H,10-16H2,1-2H3/b9-6+. The van der Waals surface area contributed by atoms with Gasteiger partial charge in [-0.1, -0.05) is 42.5 Å². The third kappa shape index (κ3) is 5.63. The highest BCUT2D eigenvalue weighted by Crippen LogP contribution is 2.22. The molecule has 0 radical (unpaired) electrons. The van der Waals surface area contributed by atoms with Gasteiger partial charge >= 0.3 is 0 Å². The Morgan fingerprint density at radius 2 is 1.75 bits per heavy atom. The lowest BCUT2D eigenvalue weighted by atomic mass is 10.1. The Balaban J connectivity index is 1.39. The van der Waals surface area contributed by atoms with Gasteiger partial charge in [0.05, 0.1) is 0 Å². The van der Waals surface area contributed by atoms with Crippen molar-refractivity contribution in [2.24, 2.45) is 0 Å². The van der Waals surface area contributed by atoms with Crippen LogP contribution in [0.1, 0.15) is 38.5 Å². The minimum absolute atomic E-state index is 0.0832. The number of nitrogens with zero attached hydrogens (tertiary/aromatic N) is 2. The third-order valence-electron chi connectivity index (χ3n) is 5.11. The number of piperazine rings is 1. The predicted octanol–water partition coefficient (Wildman–Crippen LogP) is 4.19. The van der Waals surface area contributed by atoms with Crippen LogP contribution in [0.4, 0.5) is 0 Å². The van der Waals surface area contributed by atoms with Crippen LogP contribution in [0.15, 0.2) is 42.5 Å². The first kappa shape index (κ1) is 20.5. The van der Waals surface area contributed by atoms with Crippen LogP contribution in [0.3, 0.4) is 0 Å². The predicted molar refractivity (Wildman–Crippen MR) is 116 cm³/mol. The van der Waals surface area contributed by atoms with Gasteiger partial charge in [-0.25, -0.2) is 0 Å². The zero-order valence-electron chi connectivity index (χ0n) is 16.7. The fourth-order valence-corrected chi connectivity index (χ4v) is 4.45. The van der Waals surface area contributed by atoms with Crippen molar-refractivity contribution in [3.8, 4) is 0 Å². The molecule has 0 spiro atoms. The normalized spacial score (nSPS) is 15.3. The van der Waals surface area contributed by atoms with E-state index in [4.69, 9.17) is 0 Å². The Kier molecular flexibility index (Phi) is 7.18. The second-order valence-corrected chi connectivity index (χ2v) is 8.70. The number of thiophene rings is 1. The molecule has 0 atom stereocenters. The van der Waals surface area contributed by atoms with Crippen LogP contribution < -0.4 is 0 Å². The summed E-state index contributed by atoms with van der Waals surface area (Å²) in [5.41, 5.74) is 1.99. The Bertz CT molecular complexity index is 834. The molecule has 2 heterocycles. The summed E-state index contributed by atoms with van der Waals surface area (Å²) in [6.45, 7) is 8.10. The van der Waals surface area contributed by atoms with E-state index in [1.165, 1.54) is 5.56 Å². The van der Waals surface area contributed by atoms with Crippen LogP contribution in [0.2, 0.25) is 0 Å². The maximum absolute atomic E-state index is 12.5. The highest BCUT2D eigenvalue weighted by Gasteiger charge is 2.21. The zero-order valence-corrected chi connectivity index (χ0v) is 17.5. The van der Waals surface area contributed by atoms with Crippen molar-refractivity contribution in [3.05, 3.63) is 63.4 Å². The van der Waals surface area contributed by atoms with Gasteiger partial charge in [0.2, 0.25) is 5.91 Å². The van der Waals surface area contributed by atoms with Crippen molar-refractivity contribution in [1.29, 1.82) is 0 Å². The Morgan fingerprint density at radius 1 is 1.04 bits per heavy atom. The molecule has 2 aromatic rings. The lowest BCUT2D eigenvalue weighted by Crippen LogP contribution is -2.48. The number of benzene rings is 1. The van der Waals surface area contributed by atoms with Gasteiger partial charge in [0, 0.05) is 60.9 Å². The molecule has 148 valence electrons. The summed E-state index contributed by atoms with van der Waals surface area (Å²) in [6, 6.07) is 12.2. The summed E-state index contributed by atoms with van der Waals surface area (Å²) < 4.78 is 0. The summed E-state index contributed by atoms with van der Waals surface area (Å²) in [6.07, 6.45) is 4.92. The number of carbonyl (C=O) groups is 2. The van der Waals surface area contributed by atoms with Gasteiger partial charge in [-0.15, -0.1) is 11.3 Å². The van der Waals surface area contributed by atoms with E-state index in [-0.39, 0.29) is 11.7 Å². The molecule has 3 rings (SSSR count). The van der Waals surface area contributed by atoms with Gasteiger partial charge in [-0.2, -0.15) is 0 Å². The van der Waals surface area contributed by atoms with E-state index in [0.29, 0.717) is 12.8 Å². The molecule has 1 aliphatic rings. The molecule has 0 saturated carbocycles. The molecular weight excluding hydrogens is 368 g/mol. The first-order chi connectivity index (χ1) is 13.5. The fraction of sp³-hybridized carbons (Fsp3) is 0.391. The average Bonchev–Trinajstić information content (AvgIpc) is 3.05. The van der Waals surface area contributed by atoms with E-state index in [9.17, 15) is 9.59 Å². The second-order valence-electron chi connectivity index (χ2n) is 7.24. The van der Waals surface area contributed by atoms with Crippen molar-refractivity contribution >= 4 is 29.1 Å². The van der Waals surface area contributed by atoms with Gasteiger partial charge < -0.3 is 4.90 Å². The van der Waals surface area contributed by atoms with Crippen molar-refractivity contribution in [2.45, 2.75) is 26.7 Å². The molecule has 1 amide bonds. The largest absolute Gasteiger partial charge is 0.340 e. The molecule has 0 aliphatic carbocycles. The molecule has 28 heavy (non-hydrogen) atoms. The number of hydrogen-bond acceptors (Lipinski definition) is 4. The molecule has 5 heteroatoms. The quantitative estimate of drug-likeness (QED) is 0.659. The second kappa shape index (κ2) is 9.80. The number of hydrogen-bond donors (Lipinski definition) is 0. The minimum atomic E-state index is 0.0832. The molecule has 0 unspecified atom stereocenters. The van der Waals surface area contributed by atoms with Crippen LogP contribution in [-0.4, -0.2) is 54.2 Å². The molecule has 1 saturated heterocycles. The number of aryl methyl sites for hydroxylation is 2. The highest BCUT2D eigenvalue weighted by molar-refractivity contribution is 7.12. The van der Waals surface area contributed by atoms with E-state index in [2.05, 4.69) is 29.2 Å². The van der Waals surface area contributed by atoms with E-state index >= 15 is 0 Å². The van der Waals surface area contributed by atoms with Gasteiger partial charge in [-0.3, -0.25) is 14.5 Å². The molecule has 1 aromatic heterocycles. The summed E-state index contributed by atoms with van der Waals surface area (Å²) in [5, 5.41) is 0. The van der Waals surface area contributed by atoms with Crippen molar-refractivity contribution in [1.82, 2.24) is 9.80 Å². The lowest BCUT2D eigenvalue weighted by Gasteiger charge is -2.34. The van der Waals surface area contributed by atoms with Crippen molar-refractivity contribution < 1.29 is 9.59 Å². The number of Topliss-reactive ketones (excluding diaryl/α,β-unsaturated/α-hetero) is 1. The monoisotopic (exact) mass is 396 g/mol. The van der Waals surface area contributed by atoms with Gasteiger partial charge in [0.15, 0.2) is 5.78 Å². The van der Waals surface area contributed by atoms with Crippen LogP contribution in [0.25, 0.3) is 6.08 Å². The van der Waals surface area contributed by atoms with Crippen LogP contribution in [-0.2, 0) is 4.79 Å². The molecule has 0 N–H and O–H groups in total. The maximum atomic E-state index is 12.5. The summed E-state index contributed by atoms with van der Waals surface area (Å²) in [7, 11) is 0. The van der Waals surface area contributed by atoms with Crippen molar-refractivity contribution in [2.75, 3.05) is 32.7 Å².